The van der Waals surface area contributed by atoms with Crippen molar-refractivity contribution in [3.63, 3.8) is 0 Å². The average molecular weight is 354 g/mol. The Labute approximate surface area is 151 Å². The van der Waals surface area contributed by atoms with Gasteiger partial charge in [0.05, 0.1) is 11.2 Å². The number of nitrogens with zero attached hydrogens (tertiary/aromatic N) is 2. The van der Waals surface area contributed by atoms with Crippen LogP contribution in [0, 0.1) is 6.92 Å². The van der Waals surface area contributed by atoms with Crippen molar-refractivity contribution < 1.29 is 14.4 Å². The van der Waals surface area contributed by atoms with Crippen molar-refractivity contribution in [1.29, 1.82) is 0 Å². The first-order valence-corrected chi connectivity index (χ1v) is 8.69. The number of carbonyl (C=O) groups excluding carboxylic acids is 3. The molecule has 1 aromatic carbocycles. The molecular formula is C19H22N4O3. The fourth-order valence-corrected chi connectivity index (χ4v) is 3.32. The van der Waals surface area contributed by atoms with Crippen molar-refractivity contribution in [2.45, 2.75) is 39.2 Å². The maximum absolute atomic E-state index is 12.6. The second kappa shape index (κ2) is 6.74. The predicted molar refractivity (Wildman–Crippen MR) is 98.7 cm³/mol. The largest absolute Gasteiger partial charge is 0.325 e. The van der Waals surface area contributed by atoms with Crippen LogP contribution in [0.15, 0.2) is 30.5 Å². The molecule has 1 fully saturated rings. The molecular weight excluding hydrogens is 332 g/mol. The topological polar surface area (TPSA) is 91.4 Å². The molecule has 0 aliphatic carbocycles. The third-order valence-electron chi connectivity index (χ3n) is 4.88. The van der Waals surface area contributed by atoms with Gasteiger partial charge in [0.2, 0.25) is 5.91 Å². The first-order valence-electron chi connectivity index (χ1n) is 8.69. The van der Waals surface area contributed by atoms with Gasteiger partial charge in [-0.15, -0.1) is 0 Å². The van der Waals surface area contributed by atoms with Gasteiger partial charge in [-0.1, -0.05) is 19.9 Å². The highest BCUT2D eigenvalue weighted by Gasteiger charge is 2.49. The molecule has 0 atom stereocenters. The number of urea groups is 1. The lowest BCUT2D eigenvalue weighted by molar-refractivity contribution is -0.134. The summed E-state index contributed by atoms with van der Waals surface area (Å²) in [5.74, 6) is -0.788. The third kappa shape index (κ3) is 3.00. The van der Waals surface area contributed by atoms with Crippen LogP contribution >= 0.6 is 0 Å². The van der Waals surface area contributed by atoms with E-state index in [1.54, 1.807) is 6.20 Å². The van der Waals surface area contributed by atoms with Crippen molar-refractivity contribution in [2.24, 2.45) is 0 Å². The molecule has 0 unspecified atom stereocenters. The first-order chi connectivity index (χ1) is 12.4. The molecule has 4 amide bonds. The van der Waals surface area contributed by atoms with Crippen molar-refractivity contribution >= 4 is 34.4 Å². The third-order valence-corrected chi connectivity index (χ3v) is 4.88. The number of rotatable bonds is 5. The van der Waals surface area contributed by atoms with Gasteiger partial charge in [-0.05, 0) is 43.5 Å². The highest BCUT2D eigenvalue weighted by Crippen LogP contribution is 2.26. The number of aromatic nitrogens is 1. The number of benzene rings is 1. The van der Waals surface area contributed by atoms with E-state index in [2.05, 4.69) is 15.6 Å². The van der Waals surface area contributed by atoms with Gasteiger partial charge in [0.25, 0.3) is 5.91 Å². The molecule has 2 heterocycles. The monoisotopic (exact) mass is 354 g/mol. The number of amides is 4. The van der Waals surface area contributed by atoms with Gasteiger partial charge in [-0.2, -0.15) is 0 Å². The molecule has 0 spiro atoms. The highest BCUT2D eigenvalue weighted by atomic mass is 16.2. The molecule has 0 saturated carbocycles. The lowest BCUT2D eigenvalue weighted by atomic mass is 9.93. The van der Waals surface area contributed by atoms with Crippen LogP contribution in [-0.2, 0) is 9.59 Å². The first kappa shape index (κ1) is 17.8. The number of nitrogens with one attached hydrogen (secondary N) is 2. The Bertz CT molecular complexity index is 889. The molecule has 26 heavy (non-hydrogen) atoms. The van der Waals surface area contributed by atoms with Crippen LogP contribution in [0.1, 0.15) is 32.3 Å². The molecule has 7 heteroatoms. The van der Waals surface area contributed by atoms with E-state index in [9.17, 15) is 14.4 Å². The van der Waals surface area contributed by atoms with E-state index >= 15 is 0 Å². The number of hydrogen-bond donors (Lipinski definition) is 2. The van der Waals surface area contributed by atoms with E-state index in [1.165, 1.54) is 0 Å². The van der Waals surface area contributed by atoms with Crippen molar-refractivity contribution in [3.05, 3.63) is 36.0 Å². The fraction of sp³-hybridized carbons (Fsp3) is 0.368. The van der Waals surface area contributed by atoms with Gasteiger partial charge in [-0.25, -0.2) is 4.79 Å². The van der Waals surface area contributed by atoms with Gasteiger partial charge >= 0.3 is 6.03 Å². The number of pyridine rings is 1. The molecule has 3 rings (SSSR count). The van der Waals surface area contributed by atoms with E-state index in [1.807, 2.05) is 45.0 Å². The summed E-state index contributed by atoms with van der Waals surface area (Å²) in [6, 6.07) is 7.02. The van der Waals surface area contributed by atoms with Gasteiger partial charge in [-0.3, -0.25) is 19.5 Å². The van der Waals surface area contributed by atoms with Crippen LogP contribution in [0.3, 0.4) is 0 Å². The Morgan fingerprint density at radius 3 is 2.65 bits per heavy atom. The van der Waals surface area contributed by atoms with E-state index in [0.29, 0.717) is 24.0 Å². The second-order valence-corrected chi connectivity index (χ2v) is 6.55. The lowest BCUT2D eigenvalue weighted by Gasteiger charge is -2.23. The summed E-state index contributed by atoms with van der Waals surface area (Å²) >= 11 is 0. The van der Waals surface area contributed by atoms with E-state index in [-0.39, 0.29) is 12.5 Å². The fourth-order valence-electron chi connectivity index (χ4n) is 3.32. The maximum atomic E-state index is 12.6. The number of anilines is 1. The second-order valence-electron chi connectivity index (χ2n) is 6.55. The number of imide groups is 1. The summed E-state index contributed by atoms with van der Waals surface area (Å²) in [4.78, 5) is 42.6. The van der Waals surface area contributed by atoms with Gasteiger partial charge in [0.1, 0.15) is 12.1 Å². The molecule has 0 radical (unpaired) electrons. The zero-order chi connectivity index (χ0) is 18.9. The predicted octanol–water partition coefficient (Wildman–Crippen LogP) is 2.59. The summed E-state index contributed by atoms with van der Waals surface area (Å²) in [5.41, 5.74) is 1.30. The van der Waals surface area contributed by atoms with Crippen molar-refractivity contribution in [3.8, 4) is 0 Å². The zero-order valence-corrected chi connectivity index (χ0v) is 15.1. The molecule has 1 aliphatic rings. The maximum Gasteiger partial charge on any atom is 0.325 e. The van der Waals surface area contributed by atoms with E-state index in [0.717, 1.165) is 15.8 Å². The summed E-state index contributed by atoms with van der Waals surface area (Å²) < 4.78 is 0. The van der Waals surface area contributed by atoms with Crippen LogP contribution in [0.4, 0.5) is 10.5 Å². The molecule has 1 aliphatic heterocycles. The van der Waals surface area contributed by atoms with Crippen molar-refractivity contribution in [1.82, 2.24) is 15.2 Å². The molecule has 0 bridgehead atoms. The molecule has 136 valence electrons. The minimum Gasteiger partial charge on any atom is -0.323 e. The minimum absolute atomic E-state index is 0.325. The van der Waals surface area contributed by atoms with Gasteiger partial charge in [0, 0.05) is 11.6 Å². The number of aryl methyl sites for hydroxylation is 1. The SMILES string of the molecule is CCC1(CC)NC(=O)N(CC(=O)Nc2cc(C)cc3cccnc23)C1=O. The zero-order valence-electron chi connectivity index (χ0n) is 15.1. The Morgan fingerprint density at radius 1 is 1.27 bits per heavy atom. The smallest absolute Gasteiger partial charge is 0.323 e. The van der Waals surface area contributed by atoms with Crippen LogP contribution in [0.2, 0.25) is 0 Å². The summed E-state index contributed by atoms with van der Waals surface area (Å²) in [7, 11) is 0. The minimum atomic E-state index is -0.908. The summed E-state index contributed by atoms with van der Waals surface area (Å²) in [6.45, 7) is 5.29. The molecule has 1 aromatic heterocycles. The van der Waals surface area contributed by atoms with Crippen LogP contribution < -0.4 is 10.6 Å². The van der Waals surface area contributed by atoms with Crippen molar-refractivity contribution in [2.75, 3.05) is 11.9 Å². The number of carbonyl (C=O) groups is 3. The Hall–Kier alpha value is -2.96. The molecule has 2 aromatic rings. The van der Waals surface area contributed by atoms with Gasteiger partial charge < -0.3 is 10.6 Å². The average Bonchev–Trinajstić information content (AvgIpc) is 2.86. The highest BCUT2D eigenvalue weighted by molar-refractivity contribution is 6.10. The summed E-state index contributed by atoms with van der Waals surface area (Å²) in [6.07, 6.45) is 2.62. The summed E-state index contributed by atoms with van der Waals surface area (Å²) in [5, 5.41) is 6.41. The quantitative estimate of drug-likeness (QED) is 0.808. The van der Waals surface area contributed by atoms with Crippen LogP contribution in [0.5, 0.6) is 0 Å². The molecule has 2 N–H and O–H groups in total. The Morgan fingerprint density at radius 2 is 2.00 bits per heavy atom. The molecule has 7 nitrogen and oxygen atoms in total. The number of hydrogen-bond acceptors (Lipinski definition) is 4. The Balaban J connectivity index is 1.80. The van der Waals surface area contributed by atoms with Crippen LogP contribution in [0.25, 0.3) is 10.9 Å². The normalized spacial score (nSPS) is 16.0. The van der Waals surface area contributed by atoms with E-state index in [4.69, 9.17) is 0 Å². The number of fused-ring (bicyclic) bond motifs is 1. The van der Waals surface area contributed by atoms with Crippen LogP contribution in [-0.4, -0.2) is 39.8 Å². The molecule has 1 saturated heterocycles. The van der Waals surface area contributed by atoms with Gasteiger partial charge in [0.15, 0.2) is 0 Å². The Kier molecular flexibility index (Phi) is 4.63. The lowest BCUT2D eigenvalue weighted by Crippen LogP contribution is -2.46. The van der Waals surface area contributed by atoms with E-state index < -0.39 is 17.5 Å². The standard InChI is InChI=1S/C19H22N4O3/c1-4-19(5-2)17(25)23(18(26)22-19)11-15(24)21-14-10-12(3)9-13-7-6-8-20-16(13)14/h6-10H,4-5,11H2,1-3H3,(H,21,24)(H,22,26).